The van der Waals surface area contributed by atoms with Gasteiger partial charge in [-0.1, -0.05) is 30.3 Å². The van der Waals surface area contributed by atoms with Crippen molar-refractivity contribution in [1.29, 1.82) is 0 Å². The van der Waals surface area contributed by atoms with Crippen molar-refractivity contribution >= 4 is 28.9 Å². The molecule has 1 heterocycles. The highest BCUT2D eigenvalue weighted by atomic mass is 35.5. The number of fused-ring (bicyclic) bond motifs is 1. The number of aromatic nitrogens is 1. The van der Waals surface area contributed by atoms with Gasteiger partial charge in [-0.15, -0.1) is 11.6 Å². The molecule has 3 rings (SSSR count). The number of Topliss-reactive ketones (excluding diaryl/α,β-unsaturated/α-hetero) is 2. The summed E-state index contributed by atoms with van der Waals surface area (Å²) in [7, 11) is 0. The van der Waals surface area contributed by atoms with Crippen molar-refractivity contribution < 1.29 is 9.59 Å². The van der Waals surface area contributed by atoms with E-state index in [1.54, 1.807) is 42.6 Å². The van der Waals surface area contributed by atoms with Gasteiger partial charge in [0.05, 0.1) is 12.2 Å². The largest absolute Gasteiger partial charge is 0.292 e. The van der Waals surface area contributed by atoms with Crippen molar-refractivity contribution in [2.75, 3.05) is 0 Å². The molecule has 0 N–H and O–H groups in total. The molecule has 21 heavy (non-hydrogen) atoms. The normalized spacial score (nSPS) is 19.7. The average molecular weight is 299 g/mol. The molecule has 0 spiro atoms. The van der Waals surface area contributed by atoms with Gasteiger partial charge in [-0.25, -0.2) is 0 Å². The first-order valence-electron chi connectivity index (χ1n) is 6.45. The van der Waals surface area contributed by atoms with Gasteiger partial charge in [0.15, 0.2) is 5.78 Å². The van der Waals surface area contributed by atoms with Crippen LogP contribution in [0.25, 0.3) is 0 Å². The van der Waals surface area contributed by atoms with Crippen LogP contribution in [0.2, 0.25) is 0 Å². The van der Waals surface area contributed by atoms with Crippen LogP contribution in [0.3, 0.4) is 0 Å². The summed E-state index contributed by atoms with van der Waals surface area (Å²) in [6.07, 6.45) is 1.65. The Kier molecular flexibility index (Phi) is 3.62. The van der Waals surface area contributed by atoms with E-state index >= 15 is 0 Å². The second-order valence-electron chi connectivity index (χ2n) is 4.62. The third kappa shape index (κ3) is 2.50. The van der Waals surface area contributed by atoms with Crippen LogP contribution >= 0.6 is 11.6 Å². The maximum atomic E-state index is 12.4. The van der Waals surface area contributed by atoms with Crippen LogP contribution in [0.15, 0.2) is 53.7 Å². The molecule has 0 fully saturated rings. The molecule has 0 saturated carbocycles. The van der Waals surface area contributed by atoms with E-state index in [4.69, 9.17) is 11.6 Å². The third-order valence-electron chi connectivity index (χ3n) is 3.28. The van der Waals surface area contributed by atoms with Crippen LogP contribution in [0, 0.1) is 0 Å². The second kappa shape index (κ2) is 5.58. The van der Waals surface area contributed by atoms with E-state index in [1.165, 1.54) is 0 Å². The van der Waals surface area contributed by atoms with E-state index in [-0.39, 0.29) is 23.8 Å². The monoisotopic (exact) mass is 298 g/mol. The highest BCUT2D eigenvalue weighted by Gasteiger charge is 2.36. The first-order valence-corrected chi connectivity index (χ1v) is 6.88. The number of rotatable bonds is 2. The predicted octanol–water partition coefficient (Wildman–Crippen LogP) is 2.71. The quantitative estimate of drug-likeness (QED) is 0.801. The zero-order valence-corrected chi connectivity index (χ0v) is 11.7. The van der Waals surface area contributed by atoms with Crippen LogP contribution < -0.4 is 0 Å². The maximum absolute atomic E-state index is 12.4. The number of hydrogen-bond donors (Lipinski definition) is 0. The number of aliphatic imine (C=N–C) groups is 1. The Bertz CT molecular complexity index is 741. The van der Waals surface area contributed by atoms with Crippen LogP contribution in [-0.2, 0) is 6.54 Å². The summed E-state index contributed by atoms with van der Waals surface area (Å²) in [5.41, 5.74) is 1.53. The molecule has 0 amide bonds. The molecule has 0 bridgehead atoms. The zero-order chi connectivity index (χ0) is 14.8. The van der Waals surface area contributed by atoms with Crippen LogP contribution in [-0.4, -0.2) is 27.6 Å². The topological polar surface area (TPSA) is 59.4 Å². The lowest BCUT2D eigenvalue weighted by Gasteiger charge is -2.19. The van der Waals surface area contributed by atoms with E-state index < -0.39 is 5.38 Å². The molecule has 5 heteroatoms. The summed E-state index contributed by atoms with van der Waals surface area (Å²) in [6.45, 7) is 0.223. The van der Waals surface area contributed by atoms with E-state index in [1.807, 2.05) is 6.07 Å². The average Bonchev–Trinajstić information content (AvgIpc) is 2.54. The summed E-state index contributed by atoms with van der Waals surface area (Å²) in [4.78, 5) is 33.0. The SMILES string of the molecule is O=C1C(=NCc2ccccn2)C(Cl)C(=O)c2ccccc21. The lowest BCUT2D eigenvalue weighted by atomic mass is 9.88. The predicted molar refractivity (Wildman–Crippen MR) is 80.1 cm³/mol. The molecule has 1 aromatic heterocycles. The molecule has 1 aliphatic rings. The number of carbonyl (C=O) groups excluding carboxylic acids is 2. The van der Waals surface area contributed by atoms with Gasteiger partial charge >= 0.3 is 0 Å². The smallest absolute Gasteiger partial charge is 0.209 e. The Morgan fingerprint density at radius 1 is 1.05 bits per heavy atom. The van der Waals surface area contributed by atoms with Gasteiger partial charge in [0.25, 0.3) is 0 Å². The van der Waals surface area contributed by atoms with Crippen LogP contribution in [0.5, 0.6) is 0 Å². The molecule has 0 saturated heterocycles. The lowest BCUT2D eigenvalue weighted by Crippen LogP contribution is -2.38. The van der Waals surface area contributed by atoms with E-state index in [2.05, 4.69) is 9.98 Å². The lowest BCUT2D eigenvalue weighted by molar-refractivity contribution is 0.0967. The van der Waals surface area contributed by atoms with E-state index in [9.17, 15) is 9.59 Å². The summed E-state index contributed by atoms with van der Waals surface area (Å²) in [5, 5.41) is -1.03. The Hall–Kier alpha value is -2.33. The fraction of sp³-hybridized carbons (Fsp3) is 0.125. The number of halogens is 1. The Morgan fingerprint density at radius 2 is 1.76 bits per heavy atom. The highest BCUT2D eigenvalue weighted by molar-refractivity contribution is 6.64. The second-order valence-corrected chi connectivity index (χ2v) is 5.06. The van der Waals surface area contributed by atoms with Crippen LogP contribution in [0.1, 0.15) is 26.4 Å². The van der Waals surface area contributed by atoms with Gasteiger partial charge in [-0.3, -0.25) is 19.6 Å². The van der Waals surface area contributed by atoms with Crippen molar-refractivity contribution in [2.24, 2.45) is 4.99 Å². The standard InChI is InChI=1S/C16H11ClN2O2/c17-13-14(19-9-10-5-3-4-8-18-10)16(21)12-7-2-1-6-11(12)15(13)20/h1-8,13H,9H2. The van der Waals surface area contributed by atoms with Gasteiger partial charge in [-0.2, -0.15) is 0 Å². The minimum absolute atomic E-state index is 0.0889. The molecule has 104 valence electrons. The fourth-order valence-corrected chi connectivity index (χ4v) is 2.51. The number of ketones is 2. The molecule has 4 nitrogen and oxygen atoms in total. The van der Waals surface area contributed by atoms with Gasteiger partial charge in [0, 0.05) is 17.3 Å². The number of benzene rings is 1. The molecular weight excluding hydrogens is 288 g/mol. The molecule has 2 aromatic rings. The number of nitrogens with zero attached hydrogens (tertiary/aromatic N) is 2. The van der Waals surface area contributed by atoms with Crippen molar-refractivity contribution in [1.82, 2.24) is 4.98 Å². The summed E-state index contributed by atoms with van der Waals surface area (Å²) in [5.74, 6) is -0.576. The highest BCUT2D eigenvalue weighted by Crippen LogP contribution is 2.23. The van der Waals surface area contributed by atoms with Crippen molar-refractivity contribution in [3.8, 4) is 0 Å². The minimum atomic E-state index is -1.03. The number of hydrogen-bond acceptors (Lipinski definition) is 4. The van der Waals surface area contributed by atoms with E-state index in [0.29, 0.717) is 16.8 Å². The first kappa shape index (κ1) is 13.6. The van der Waals surface area contributed by atoms with Gasteiger partial charge < -0.3 is 0 Å². The molecule has 1 aliphatic carbocycles. The summed E-state index contributed by atoms with van der Waals surface area (Å²) >= 11 is 6.10. The molecule has 0 aliphatic heterocycles. The molecule has 1 unspecified atom stereocenters. The zero-order valence-electron chi connectivity index (χ0n) is 11.0. The number of pyridine rings is 1. The number of carbonyl (C=O) groups is 2. The summed E-state index contributed by atoms with van der Waals surface area (Å²) in [6, 6.07) is 12.1. The number of alkyl halides is 1. The van der Waals surface area contributed by atoms with Gasteiger partial charge in [0.1, 0.15) is 11.1 Å². The van der Waals surface area contributed by atoms with Gasteiger partial charge in [-0.05, 0) is 12.1 Å². The molecule has 1 aromatic carbocycles. The Morgan fingerprint density at radius 3 is 2.48 bits per heavy atom. The first-order chi connectivity index (χ1) is 10.2. The molecule has 0 radical (unpaired) electrons. The summed E-state index contributed by atoms with van der Waals surface area (Å²) < 4.78 is 0. The maximum Gasteiger partial charge on any atom is 0.209 e. The fourth-order valence-electron chi connectivity index (χ4n) is 2.22. The minimum Gasteiger partial charge on any atom is -0.292 e. The molecular formula is C16H11ClN2O2. The Labute approximate surface area is 126 Å². The van der Waals surface area contributed by atoms with Crippen LogP contribution in [0.4, 0.5) is 0 Å². The molecule has 1 atom stereocenters. The van der Waals surface area contributed by atoms with Crippen molar-refractivity contribution in [3.63, 3.8) is 0 Å². The Balaban J connectivity index is 1.97. The van der Waals surface area contributed by atoms with E-state index in [0.717, 1.165) is 0 Å². The van der Waals surface area contributed by atoms with Crippen molar-refractivity contribution in [3.05, 3.63) is 65.5 Å². The van der Waals surface area contributed by atoms with Gasteiger partial charge in [0.2, 0.25) is 5.78 Å². The third-order valence-corrected chi connectivity index (χ3v) is 3.68. The van der Waals surface area contributed by atoms with Crippen molar-refractivity contribution in [2.45, 2.75) is 11.9 Å².